The Morgan fingerprint density at radius 3 is 2.38 bits per heavy atom. The fourth-order valence-corrected chi connectivity index (χ4v) is 3.02. The minimum Gasteiger partial charge on any atom is -0.497 e. The van der Waals surface area contributed by atoms with Gasteiger partial charge in [0.1, 0.15) is 5.75 Å². The minimum absolute atomic E-state index is 0.725. The number of hydrogen-bond acceptors (Lipinski definition) is 1. The molecule has 0 N–H and O–H groups in total. The molecule has 0 radical (unpaired) electrons. The van der Waals surface area contributed by atoms with E-state index in [4.69, 9.17) is 4.74 Å². The Labute approximate surface area is 125 Å². The second-order valence-corrected chi connectivity index (χ2v) is 5.79. The molecule has 1 aliphatic rings. The molecule has 104 valence electrons. The van der Waals surface area contributed by atoms with Gasteiger partial charge in [-0.1, -0.05) is 42.5 Å². The van der Waals surface area contributed by atoms with Crippen molar-refractivity contribution in [1.29, 1.82) is 0 Å². The third-order valence-corrected chi connectivity index (χ3v) is 4.32. The normalized spacial score (nSPS) is 14.3. The molecule has 0 bridgehead atoms. The topological polar surface area (TPSA) is 9.23 Å². The van der Waals surface area contributed by atoms with Crippen molar-refractivity contribution in [3.8, 4) is 16.9 Å². The van der Waals surface area contributed by atoms with Crippen LogP contribution in [-0.2, 0) is 0 Å². The van der Waals surface area contributed by atoms with Crippen LogP contribution in [0.25, 0.3) is 21.9 Å². The van der Waals surface area contributed by atoms with Crippen molar-refractivity contribution in [3.05, 3.63) is 66.2 Å². The number of benzene rings is 3. The monoisotopic (exact) mass is 274 g/mol. The third-order valence-electron chi connectivity index (χ3n) is 4.32. The second kappa shape index (κ2) is 4.92. The van der Waals surface area contributed by atoms with Crippen LogP contribution >= 0.6 is 0 Å². The molecule has 0 aliphatic heterocycles. The first-order valence-corrected chi connectivity index (χ1v) is 7.52. The molecule has 0 unspecified atom stereocenters. The van der Waals surface area contributed by atoms with E-state index < -0.39 is 0 Å². The Balaban J connectivity index is 1.95. The summed E-state index contributed by atoms with van der Waals surface area (Å²) in [5, 5.41) is 2.65. The van der Waals surface area contributed by atoms with Crippen molar-refractivity contribution in [3.63, 3.8) is 0 Å². The molecule has 0 spiro atoms. The van der Waals surface area contributed by atoms with Gasteiger partial charge in [0.2, 0.25) is 0 Å². The highest BCUT2D eigenvalue weighted by atomic mass is 16.5. The molecule has 1 saturated carbocycles. The summed E-state index contributed by atoms with van der Waals surface area (Å²) in [4.78, 5) is 0. The quantitative estimate of drug-likeness (QED) is 0.622. The van der Waals surface area contributed by atoms with E-state index in [2.05, 4.69) is 54.6 Å². The first-order valence-electron chi connectivity index (χ1n) is 7.52. The van der Waals surface area contributed by atoms with Gasteiger partial charge >= 0.3 is 0 Å². The standard InChI is InChI=1S/C20H18O/c1-21-18-10-9-16-11-17(14-5-3-2-4-6-14)12-19(15-7-8-15)20(16)13-18/h2-6,9-13,15H,7-8H2,1H3. The summed E-state index contributed by atoms with van der Waals surface area (Å²) in [6.45, 7) is 0. The van der Waals surface area contributed by atoms with Crippen molar-refractivity contribution in [2.75, 3.05) is 7.11 Å². The van der Waals surface area contributed by atoms with Crippen LogP contribution in [0.3, 0.4) is 0 Å². The number of fused-ring (bicyclic) bond motifs is 1. The Morgan fingerprint density at radius 1 is 0.857 bits per heavy atom. The first-order chi connectivity index (χ1) is 10.3. The van der Waals surface area contributed by atoms with Crippen LogP contribution in [0.2, 0.25) is 0 Å². The van der Waals surface area contributed by atoms with E-state index in [9.17, 15) is 0 Å². The van der Waals surface area contributed by atoms with Gasteiger partial charge in [-0.05, 0) is 64.4 Å². The summed E-state index contributed by atoms with van der Waals surface area (Å²) in [6, 6.07) is 21.7. The highest BCUT2D eigenvalue weighted by Crippen LogP contribution is 2.45. The molecule has 1 nitrogen and oxygen atoms in total. The number of hydrogen-bond donors (Lipinski definition) is 0. The zero-order chi connectivity index (χ0) is 14.2. The van der Waals surface area contributed by atoms with Crippen molar-refractivity contribution in [1.82, 2.24) is 0 Å². The molecule has 4 rings (SSSR count). The molecule has 1 aliphatic carbocycles. The molecular weight excluding hydrogens is 256 g/mol. The van der Waals surface area contributed by atoms with E-state index in [0.717, 1.165) is 11.7 Å². The van der Waals surface area contributed by atoms with Crippen molar-refractivity contribution in [2.45, 2.75) is 18.8 Å². The predicted octanol–water partition coefficient (Wildman–Crippen LogP) is 5.39. The maximum atomic E-state index is 5.39. The smallest absolute Gasteiger partial charge is 0.119 e. The van der Waals surface area contributed by atoms with Crippen LogP contribution in [0.4, 0.5) is 0 Å². The van der Waals surface area contributed by atoms with Crippen LogP contribution in [0.5, 0.6) is 5.75 Å². The molecule has 3 aromatic carbocycles. The summed E-state index contributed by atoms with van der Waals surface area (Å²) in [6.07, 6.45) is 2.62. The Morgan fingerprint density at radius 2 is 1.67 bits per heavy atom. The van der Waals surface area contributed by atoms with E-state index in [0.29, 0.717) is 0 Å². The van der Waals surface area contributed by atoms with Crippen LogP contribution in [0.1, 0.15) is 24.3 Å². The highest BCUT2D eigenvalue weighted by Gasteiger charge is 2.26. The van der Waals surface area contributed by atoms with Crippen LogP contribution in [-0.4, -0.2) is 7.11 Å². The van der Waals surface area contributed by atoms with E-state index in [1.165, 1.54) is 40.3 Å². The lowest BCUT2D eigenvalue weighted by Gasteiger charge is -2.11. The molecular formula is C20H18O. The van der Waals surface area contributed by atoms with E-state index in [1.54, 1.807) is 7.11 Å². The van der Waals surface area contributed by atoms with Gasteiger partial charge < -0.3 is 4.74 Å². The third kappa shape index (κ3) is 2.29. The molecule has 1 fully saturated rings. The summed E-state index contributed by atoms with van der Waals surface area (Å²) >= 11 is 0. The van der Waals surface area contributed by atoms with Crippen LogP contribution in [0, 0.1) is 0 Å². The predicted molar refractivity (Wildman–Crippen MR) is 87.9 cm³/mol. The molecule has 1 heteroatoms. The zero-order valence-corrected chi connectivity index (χ0v) is 12.2. The number of methoxy groups -OCH3 is 1. The molecule has 0 amide bonds. The maximum Gasteiger partial charge on any atom is 0.119 e. The summed E-state index contributed by atoms with van der Waals surface area (Å²) < 4.78 is 5.39. The molecule has 0 atom stereocenters. The van der Waals surface area contributed by atoms with Crippen molar-refractivity contribution >= 4 is 10.8 Å². The Kier molecular flexibility index (Phi) is 2.92. The molecule has 3 aromatic rings. The summed E-state index contributed by atoms with van der Waals surface area (Å²) in [7, 11) is 1.73. The van der Waals surface area contributed by atoms with Gasteiger partial charge in [0.05, 0.1) is 7.11 Å². The fourth-order valence-electron chi connectivity index (χ4n) is 3.02. The lowest BCUT2D eigenvalue weighted by atomic mass is 9.94. The fraction of sp³-hybridized carbons (Fsp3) is 0.200. The van der Waals surface area contributed by atoms with Gasteiger partial charge in [-0.15, -0.1) is 0 Å². The zero-order valence-electron chi connectivity index (χ0n) is 12.2. The largest absolute Gasteiger partial charge is 0.497 e. The van der Waals surface area contributed by atoms with Gasteiger partial charge in [-0.3, -0.25) is 0 Å². The summed E-state index contributed by atoms with van der Waals surface area (Å²) in [5.41, 5.74) is 4.08. The van der Waals surface area contributed by atoms with Gasteiger partial charge in [-0.25, -0.2) is 0 Å². The lowest BCUT2D eigenvalue weighted by Crippen LogP contribution is -1.89. The second-order valence-electron chi connectivity index (χ2n) is 5.79. The van der Waals surface area contributed by atoms with Crippen molar-refractivity contribution < 1.29 is 4.74 Å². The molecule has 0 aromatic heterocycles. The van der Waals surface area contributed by atoms with E-state index in [-0.39, 0.29) is 0 Å². The highest BCUT2D eigenvalue weighted by molar-refractivity contribution is 5.92. The van der Waals surface area contributed by atoms with Gasteiger partial charge in [0.25, 0.3) is 0 Å². The first kappa shape index (κ1) is 12.5. The average Bonchev–Trinajstić information content (AvgIpc) is 3.39. The van der Waals surface area contributed by atoms with E-state index >= 15 is 0 Å². The van der Waals surface area contributed by atoms with Crippen LogP contribution in [0.15, 0.2) is 60.7 Å². The lowest BCUT2D eigenvalue weighted by molar-refractivity contribution is 0.415. The molecule has 21 heavy (non-hydrogen) atoms. The number of ether oxygens (including phenoxy) is 1. The SMILES string of the molecule is COc1ccc2cc(-c3ccccc3)cc(C3CC3)c2c1. The van der Waals surface area contributed by atoms with E-state index in [1.807, 2.05) is 6.07 Å². The molecule has 0 saturated heterocycles. The Hall–Kier alpha value is -2.28. The van der Waals surface area contributed by atoms with Crippen molar-refractivity contribution in [2.24, 2.45) is 0 Å². The maximum absolute atomic E-state index is 5.39. The van der Waals surface area contributed by atoms with Gasteiger partial charge in [0.15, 0.2) is 0 Å². The van der Waals surface area contributed by atoms with Gasteiger partial charge in [0, 0.05) is 0 Å². The average molecular weight is 274 g/mol. The Bertz CT molecular complexity index is 786. The minimum atomic E-state index is 0.725. The molecule has 0 heterocycles. The van der Waals surface area contributed by atoms with Crippen LogP contribution < -0.4 is 4.74 Å². The van der Waals surface area contributed by atoms with Gasteiger partial charge in [-0.2, -0.15) is 0 Å². The summed E-state index contributed by atoms with van der Waals surface area (Å²) in [5.74, 6) is 1.67. The number of rotatable bonds is 3.